The van der Waals surface area contributed by atoms with E-state index in [0.717, 1.165) is 29.7 Å². The molecule has 128 valence electrons. The molecule has 24 heavy (non-hydrogen) atoms. The molecule has 1 aliphatic rings. The third kappa shape index (κ3) is 4.13. The molecule has 1 aliphatic carbocycles. The van der Waals surface area contributed by atoms with E-state index in [1.165, 1.54) is 42.4 Å². The van der Waals surface area contributed by atoms with Gasteiger partial charge >= 0.3 is 5.97 Å². The summed E-state index contributed by atoms with van der Waals surface area (Å²) in [6, 6.07) is 12.5. The minimum atomic E-state index is 0.195. The highest BCUT2D eigenvalue weighted by Crippen LogP contribution is 2.35. The molecule has 0 spiro atoms. The number of carbonyl (C=O) groups excluding carboxylic acids is 1. The number of hydrogen-bond donors (Lipinski definition) is 0. The van der Waals surface area contributed by atoms with Crippen molar-refractivity contribution >= 4 is 28.5 Å². The van der Waals surface area contributed by atoms with Gasteiger partial charge in [0.1, 0.15) is 5.92 Å². The number of hydrogen-bond acceptors (Lipinski definition) is 2. The second-order valence-electron chi connectivity index (χ2n) is 6.58. The molecule has 0 aliphatic heterocycles. The minimum absolute atomic E-state index is 0.195. The van der Waals surface area contributed by atoms with E-state index in [0.29, 0.717) is 0 Å². The van der Waals surface area contributed by atoms with Gasteiger partial charge in [-0.2, -0.15) is 0 Å². The second-order valence-corrected chi connectivity index (χ2v) is 7.72. The van der Waals surface area contributed by atoms with Gasteiger partial charge in [-0.3, -0.25) is 4.74 Å². The first-order valence-corrected chi connectivity index (χ1v) is 10.2. The van der Waals surface area contributed by atoms with Gasteiger partial charge in [-0.1, -0.05) is 50.8 Å². The van der Waals surface area contributed by atoms with Gasteiger partial charge in [0.05, 0.1) is 5.39 Å². The van der Waals surface area contributed by atoms with Gasteiger partial charge in [-0.25, -0.2) is 0 Å². The van der Waals surface area contributed by atoms with Crippen LogP contribution in [0.1, 0.15) is 51.9 Å². The lowest BCUT2D eigenvalue weighted by Crippen LogP contribution is -2.18. The monoisotopic (exact) mass is 343 g/mol. The van der Waals surface area contributed by atoms with Crippen molar-refractivity contribution in [3.63, 3.8) is 0 Å². The summed E-state index contributed by atoms with van der Waals surface area (Å²) in [6.45, 7) is 2.24. The van der Waals surface area contributed by atoms with Gasteiger partial charge in [0, 0.05) is 16.3 Å². The summed E-state index contributed by atoms with van der Waals surface area (Å²) in [5.41, 5.74) is 0. The van der Waals surface area contributed by atoms with E-state index in [4.69, 9.17) is 4.74 Å². The lowest BCUT2D eigenvalue weighted by molar-refractivity contribution is 0.410. The van der Waals surface area contributed by atoms with Gasteiger partial charge < -0.3 is 4.79 Å². The average molecular weight is 344 g/mol. The summed E-state index contributed by atoms with van der Waals surface area (Å²) in [4.78, 5) is 11.6. The molecule has 0 atom stereocenters. The fourth-order valence-corrected chi connectivity index (χ4v) is 4.43. The van der Waals surface area contributed by atoms with Crippen LogP contribution in [0.15, 0.2) is 41.3 Å². The Balaban J connectivity index is 1.78. The van der Waals surface area contributed by atoms with Crippen LogP contribution in [0.3, 0.4) is 0 Å². The highest BCUT2D eigenvalue weighted by Gasteiger charge is 2.32. The summed E-state index contributed by atoms with van der Waals surface area (Å²) in [5.74, 6) is 2.32. The lowest BCUT2D eigenvalue weighted by atomic mass is 10.1. The first kappa shape index (κ1) is 17.3. The topological polar surface area (TPSA) is 30.6 Å². The normalized spacial score (nSPS) is 15.0. The Kier molecular flexibility index (Phi) is 6.19. The second kappa shape index (κ2) is 8.57. The highest BCUT2D eigenvalue weighted by atomic mass is 32.2. The zero-order valence-corrected chi connectivity index (χ0v) is 15.3. The van der Waals surface area contributed by atoms with Crippen molar-refractivity contribution in [1.82, 2.24) is 0 Å². The lowest BCUT2D eigenvalue weighted by Gasteiger charge is -2.08. The predicted molar refractivity (Wildman–Crippen MR) is 104 cm³/mol. The van der Waals surface area contributed by atoms with E-state index in [9.17, 15) is 4.79 Å². The molecule has 0 saturated heterocycles. The van der Waals surface area contributed by atoms with E-state index < -0.39 is 0 Å². The molecule has 1 N–H and O–H groups in total. The molecule has 0 aromatic heterocycles. The molecule has 0 unspecified atom stereocenters. The van der Waals surface area contributed by atoms with Gasteiger partial charge in [0.25, 0.3) is 5.75 Å². The zero-order valence-electron chi connectivity index (χ0n) is 14.5. The summed E-state index contributed by atoms with van der Waals surface area (Å²) < 4.78 is 5.87. The Bertz CT molecular complexity index is 689. The van der Waals surface area contributed by atoms with Gasteiger partial charge in [-0.05, 0) is 37.1 Å². The molecule has 1 saturated carbocycles. The van der Waals surface area contributed by atoms with Crippen LogP contribution in [0.2, 0.25) is 0 Å². The molecule has 0 radical (unpaired) electrons. The molecular weight excluding hydrogens is 316 g/mol. The van der Waals surface area contributed by atoms with Crippen LogP contribution < -0.4 is 4.74 Å². The highest BCUT2D eigenvalue weighted by molar-refractivity contribution is 7.99. The van der Waals surface area contributed by atoms with Crippen molar-refractivity contribution < 1.29 is 9.53 Å². The van der Waals surface area contributed by atoms with Crippen molar-refractivity contribution in [2.45, 2.75) is 56.8 Å². The maximum absolute atomic E-state index is 10.3. The number of unbranched alkanes of at least 4 members (excludes halogenated alkanes) is 2. The zero-order chi connectivity index (χ0) is 16.8. The molecule has 2 aromatic carbocycles. The van der Waals surface area contributed by atoms with Crippen molar-refractivity contribution in [2.75, 3.05) is 5.75 Å². The number of esters is 1. The third-order valence-electron chi connectivity index (χ3n) is 4.77. The largest absolute Gasteiger partial charge is 0.492 e. The summed E-state index contributed by atoms with van der Waals surface area (Å²) in [5, 5.41) is 2.30. The molecule has 0 bridgehead atoms. The molecule has 0 heterocycles. The fraction of sp³-hybridized carbons (Fsp3) is 0.476. The average Bonchev–Trinajstić information content (AvgIpc) is 3.15. The van der Waals surface area contributed by atoms with Gasteiger partial charge in [-0.15, -0.1) is 11.8 Å². The molecule has 0 amide bonds. The van der Waals surface area contributed by atoms with Crippen molar-refractivity contribution in [3.8, 4) is 5.75 Å². The first-order chi connectivity index (χ1) is 11.8. The van der Waals surface area contributed by atoms with Crippen LogP contribution in [0.25, 0.3) is 10.8 Å². The maximum atomic E-state index is 10.3. The molecule has 3 rings (SSSR count). The SMILES string of the molecule is CCCCCSc1ccc(OC(=[OH+])C2CCCC2)c2ccccc12. The number of benzene rings is 2. The van der Waals surface area contributed by atoms with Crippen LogP contribution in [0.4, 0.5) is 0 Å². The standard InChI is InChI=1S/C21H26O2S/c1-2-3-8-15-24-20-14-13-19(17-11-6-7-12-18(17)20)23-21(22)16-9-4-5-10-16/h6-7,11-14,16H,2-5,8-10,15H2,1H3/p+1. The molecule has 3 heteroatoms. The van der Waals surface area contributed by atoms with Crippen molar-refractivity contribution in [2.24, 2.45) is 5.92 Å². The Hall–Kier alpha value is -1.48. The van der Waals surface area contributed by atoms with Crippen LogP contribution >= 0.6 is 11.8 Å². The van der Waals surface area contributed by atoms with E-state index in [1.54, 1.807) is 0 Å². The minimum Gasteiger partial charge on any atom is -0.338 e. The quantitative estimate of drug-likeness (QED) is 0.197. The van der Waals surface area contributed by atoms with E-state index in [-0.39, 0.29) is 11.9 Å². The molecule has 2 aromatic rings. The summed E-state index contributed by atoms with van der Waals surface area (Å²) in [6.07, 6.45) is 8.24. The number of ether oxygens (including phenoxy) is 1. The van der Waals surface area contributed by atoms with Crippen molar-refractivity contribution in [1.29, 1.82) is 0 Å². The van der Waals surface area contributed by atoms with Crippen molar-refractivity contribution in [3.05, 3.63) is 36.4 Å². The molecular formula is C21H27O2S+. The molecule has 1 fully saturated rings. The smallest absolute Gasteiger partial charge is 0.338 e. The Labute approximate surface area is 149 Å². The van der Waals surface area contributed by atoms with Gasteiger partial charge in [0.15, 0.2) is 0 Å². The van der Waals surface area contributed by atoms with E-state index >= 15 is 0 Å². The number of fused-ring (bicyclic) bond motifs is 1. The number of rotatable bonds is 7. The Morgan fingerprint density at radius 1 is 1.08 bits per heavy atom. The van der Waals surface area contributed by atoms with Crippen LogP contribution in [0, 0.1) is 5.92 Å². The van der Waals surface area contributed by atoms with Crippen LogP contribution in [0.5, 0.6) is 5.75 Å². The van der Waals surface area contributed by atoms with E-state index in [2.05, 4.69) is 31.2 Å². The van der Waals surface area contributed by atoms with Crippen LogP contribution in [-0.4, -0.2) is 16.5 Å². The van der Waals surface area contributed by atoms with E-state index in [1.807, 2.05) is 23.9 Å². The molecule has 2 nitrogen and oxygen atoms in total. The number of thioether (sulfide) groups is 1. The predicted octanol–water partition coefficient (Wildman–Crippen LogP) is 6.19. The van der Waals surface area contributed by atoms with Crippen LogP contribution in [-0.2, 0) is 0 Å². The maximum Gasteiger partial charge on any atom is 0.492 e. The van der Waals surface area contributed by atoms with Gasteiger partial charge in [0.2, 0.25) is 0 Å². The summed E-state index contributed by atoms with van der Waals surface area (Å²) >= 11 is 1.92. The fourth-order valence-electron chi connectivity index (χ4n) is 3.36. The Morgan fingerprint density at radius 2 is 1.83 bits per heavy atom. The summed E-state index contributed by atoms with van der Waals surface area (Å²) in [7, 11) is 0. The first-order valence-electron chi connectivity index (χ1n) is 9.17. The third-order valence-corrected chi connectivity index (χ3v) is 5.93. The Morgan fingerprint density at radius 3 is 2.58 bits per heavy atom.